The van der Waals surface area contributed by atoms with Crippen molar-refractivity contribution in [1.82, 2.24) is 15.4 Å². The Kier molecular flexibility index (Phi) is 6.75. The normalized spacial score (nSPS) is 14.4. The van der Waals surface area contributed by atoms with Gasteiger partial charge in [-0.15, -0.1) is 0 Å². The molecule has 3 aromatic rings. The van der Waals surface area contributed by atoms with Crippen molar-refractivity contribution in [3.63, 3.8) is 0 Å². The van der Waals surface area contributed by atoms with Crippen molar-refractivity contribution in [3.05, 3.63) is 76.7 Å². The molecule has 2 heterocycles. The molecule has 32 heavy (non-hydrogen) atoms. The number of likely N-dealkylation sites (N-methyl/N-ethyl adjacent to an activating group) is 1. The van der Waals surface area contributed by atoms with Gasteiger partial charge in [0.15, 0.2) is 0 Å². The number of carbonyl (C=O) groups excluding carboxylic acids is 1. The third-order valence-corrected chi connectivity index (χ3v) is 5.96. The van der Waals surface area contributed by atoms with Crippen molar-refractivity contribution in [3.8, 4) is 5.75 Å². The lowest BCUT2D eigenvalue weighted by Crippen LogP contribution is -2.45. The highest BCUT2D eigenvalue weighted by molar-refractivity contribution is 5.96. The van der Waals surface area contributed by atoms with E-state index in [1.807, 2.05) is 38.1 Å². The summed E-state index contributed by atoms with van der Waals surface area (Å²) in [5.41, 5.74) is 4.51. The van der Waals surface area contributed by atoms with E-state index in [0.29, 0.717) is 24.5 Å². The highest BCUT2D eigenvalue weighted by atomic mass is 16.5. The number of amides is 1. The van der Waals surface area contributed by atoms with Crippen LogP contribution in [0.4, 0.5) is 5.69 Å². The van der Waals surface area contributed by atoms with Crippen LogP contribution in [0.25, 0.3) is 0 Å². The Labute approximate surface area is 188 Å². The summed E-state index contributed by atoms with van der Waals surface area (Å²) in [6, 6.07) is 15.6. The van der Waals surface area contributed by atoms with E-state index >= 15 is 0 Å². The maximum Gasteiger partial charge on any atom is 0.255 e. The highest BCUT2D eigenvalue weighted by Gasteiger charge is 2.18. The molecule has 2 aromatic carbocycles. The van der Waals surface area contributed by atoms with Crippen LogP contribution in [0.2, 0.25) is 0 Å². The Bertz CT molecular complexity index is 1050. The van der Waals surface area contributed by atoms with E-state index < -0.39 is 0 Å². The van der Waals surface area contributed by atoms with E-state index in [9.17, 15) is 4.79 Å². The van der Waals surface area contributed by atoms with Crippen molar-refractivity contribution in [2.45, 2.75) is 27.0 Å². The number of nitrogens with zero attached hydrogens (tertiary/aromatic N) is 3. The van der Waals surface area contributed by atoms with E-state index in [0.717, 1.165) is 48.8 Å². The number of ether oxygens (including phenoxy) is 1. The van der Waals surface area contributed by atoms with Crippen LogP contribution in [0, 0.1) is 13.8 Å². The first-order valence-electron chi connectivity index (χ1n) is 11.0. The number of hydrogen-bond donors (Lipinski definition) is 1. The molecule has 7 nitrogen and oxygen atoms in total. The molecule has 0 atom stereocenters. The summed E-state index contributed by atoms with van der Waals surface area (Å²) in [5, 5.41) is 7.03. The number of hydrogen-bond acceptors (Lipinski definition) is 6. The van der Waals surface area contributed by atoms with Gasteiger partial charge in [-0.2, -0.15) is 0 Å². The van der Waals surface area contributed by atoms with Gasteiger partial charge in [-0.1, -0.05) is 35.5 Å². The molecule has 0 saturated carbocycles. The van der Waals surface area contributed by atoms with Gasteiger partial charge in [0.2, 0.25) is 0 Å². The van der Waals surface area contributed by atoms with Gasteiger partial charge in [0.1, 0.15) is 18.1 Å². The van der Waals surface area contributed by atoms with Crippen molar-refractivity contribution < 1.29 is 14.1 Å². The molecule has 1 amide bonds. The molecule has 168 valence electrons. The third kappa shape index (κ3) is 4.94. The van der Waals surface area contributed by atoms with Crippen LogP contribution in [-0.4, -0.2) is 49.2 Å². The first-order chi connectivity index (χ1) is 15.5. The minimum Gasteiger partial charge on any atom is -0.488 e. The number of para-hydroxylation sites is 2. The Morgan fingerprint density at radius 3 is 2.53 bits per heavy atom. The van der Waals surface area contributed by atoms with E-state index in [1.165, 1.54) is 5.69 Å². The number of rotatable bonds is 7. The van der Waals surface area contributed by atoms with Gasteiger partial charge in [0.05, 0.1) is 16.8 Å². The highest BCUT2D eigenvalue weighted by Crippen LogP contribution is 2.24. The molecule has 7 heteroatoms. The predicted molar refractivity (Wildman–Crippen MR) is 124 cm³/mol. The van der Waals surface area contributed by atoms with Crippen molar-refractivity contribution in [2.75, 3.05) is 38.1 Å². The van der Waals surface area contributed by atoms with Gasteiger partial charge in [-0.25, -0.2) is 0 Å². The summed E-state index contributed by atoms with van der Waals surface area (Å²) in [7, 11) is 2.15. The first-order valence-corrected chi connectivity index (χ1v) is 11.0. The molecule has 1 aromatic heterocycles. The van der Waals surface area contributed by atoms with Gasteiger partial charge in [-0.3, -0.25) is 4.79 Å². The van der Waals surface area contributed by atoms with Crippen LogP contribution in [0.3, 0.4) is 0 Å². The summed E-state index contributed by atoms with van der Waals surface area (Å²) >= 11 is 0. The van der Waals surface area contributed by atoms with Crippen LogP contribution >= 0.6 is 0 Å². The maximum atomic E-state index is 13.0. The second-order valence-corrected chi connectivity index (χ2v) is 8.19. The number of carbonyl (C=O) groups is 1. The smallest absolute Gasteiger partial charge is 0.255 e. The van der Waals surface area contributed by atoms with Gasteiger partial charge >= 0.3 is 0 Å². The fourth-order valence-corrected chi connectivity index (χ4v) is 3.92. The average Bonchev–Trinajstić information content (AvgIpc) is 3.14. The number of piperazine rings is 1. The average molecular weight is 435 g/mol. The minimum atomic E-state index is -0.160. The molecule has 0 unspecified atom stereocenters. The molecule has 1 fully saturated rings. The van der Waals surface area contributed by atoms with Crippen LogP contribution in [0.1, 0.15) is 32.9 Å². The Balaban J connectivity index is 1.43. The largest absolute Gasteiger partial charge is 0.488 e. The summed E-state index contributed by atoms with van der Waals surface area (Å²) in [6.45, 7) is 8.55. The Morgan fingerprint density at radius 1 is 1.06 bits per heavy atom. The molecule has 1 saturated heterocycles. The Hall–Kier alpha value is -3.32. The van der Waals surface area contributed by atoms with Crippen LogP contribution in [0.15, 0.2) is 53.1 Å². The third-order valence-electron chi connectivity index (χ3n) is 5.96. The van der Waals surface area contributed by atoms with Gasteiger partial charge < -0.3 is 24.4 Å². The summed E-state index contributed by atoms with van der Waals surface area (Å²) in [6.07, 6.45) is 0. The number of anilines is 1. The molecule has 0 radical (unpaired) electrons. The second-order valence-electron chi connectivity index (χ2n) is 8.19. The van der Waals surface area contributed by atoms with E-state index in [4.69, 9.17) is 9.26 Å². The van der Waals surface area contributed by atoms with Crippen LogP contribution in [-0.2, 0) is 13.2 Å². The monoisotopic (exact) mass is 434 g/mol. The lowest BCUT2D eigenvalue weighted by atomic mass is 10.1. The molecule has 1 aliphatic heterocycles. The van der Waals surface area contributed by atoms with E-state index in [2.05, 4.69) is 45.5 Å². The van der Waals surface area contributed by atoms with Crippen LogP contribution in [0.5, 0.6) is 5.75 Å². The quantitative estimate of drug-likeness (QED) is 0.613. The van der Waals surface area contributed by atoms with E-state index in [-0.39, 0.29) is 5.91 Å². The zero-order chi connectivity index (χ0) is 22.5. The second kappa shape index (κ2) is 9.87. The van der Waals surface area contributed by atoms with Crippen LogP contribution < -0.4 is 15.0 Å². The Morgan fingerprint density at radius 2 is 1.78 bits per heavy atom. The van der Waals surface area contributed by atoms with Crippen molar-refractivity contribution in [1.29, 1.82) is 0 Å². The first kappa shape index (κ1) is 21.9. The fourth-order valence-electron chi connectivity index (χ4n) is 3.92. The molecule has 0 bridgehead atoms. The standard InChI is InChI=1S/C25H30N4O3/c1-18-22(19(2)32-27-18)17-31-24-11-7-5-9-21(24)25(30)26-16-20-8-4-6-10-23(20)29-14-12-28(3)13-15-29/h4-11H,12-17H2,1-3H3,(H,26,30). The molecular formula is C25H30N4O3. The summed E-state index contributed by atoms with van der Waals surface area (Å²) in [5.74, 6) is 1.11. The predicted octanol–water partition coefficient (Wildman–Crippen LogP) is 3.55. The zero-order valence-corrected chi connectivity index (χ0v) is 18.9. The van der Waals surface area contributed by atoms with E-state index in [1.54, 1.807) is 6.07 Å². The molecule has 0 aliphatic carbocycles. The number of aryl methyl sites for hydroxylation is 2. The summed E-state index contributed by atoms with van der Waals surface area (Å²) in [4.78, 5) is 17.7. The number of aromatic nitrogens is 1. The lowest BCUT2D eigenvalue weighted by molar-refractivity contribution is 0.0946. The molecule has 4 rings (SSSR count). The van der Waals surface area contributed by atoms with Gasteiger partial charge in [-0.05, 0) is 44.7 Å². The SMILES string of the molecule is Cc1noc(C)c1COc1ccccc1C(=O)NCc1ccccc1N1CCN(C)CC1. The zero-order valence-electron chi connectivity index (χ0n) is 18.9. The van der Waals surface area contributed by atoms with Crippen molar-refractivity contribution in [2.24, 2.45) is 0 Å². The minimum absolute atomic E-state index is 0.160. The molecular weight excluding hydrogens is 404 g/mol. The number of nitrogens with one attached hydrogen (secondary N) is 1. The summed E-state index contributed by atoms with van der Waals surface area (Å²) < 4.78 is 11.2. The molecule has 0 spiro atoms. The molecule has 1 aliphatic rings. The van der Waals surface area contributed by atoms with Crippen molar-refractivity contribution >= 4 is 11.6 Å². The topological polar surface area (TPSA) is 70.8 Å². The maximum absolute atomic E-state index is 13.0. The molecule has 1 N–H and O–H groups in total. The van der Waals surface area contributed by atoms with Gasteiger partial charge in [0.25, 0.3) is 5.91 Å². The number of benzene rings is 2. The van der Waals surface area contributed by atoms with Gasteiger partial charge in [0, 0.05) is 38.4 Å². The lowest BCUT2D eigenvalue weighted by Gasteiger charge is -2.35. The fraction of sp³-hybridized carbons (Fsp3) is 0.360.